The summed E-state index contributed by atoms with van der Waals surface area (Å²) < 4.78 is 5.57. The number of nitrogens with zero attached hydrogens (tertiary/aromatic N) is 1. The van der Waals surface area contributed by atoms with E-state index in [9.17, 15) is 5.11 Å². The fraction of sp³-hybridized carbons (Fsp3) is 0.600. The lowest BCUT2D eigenvalue weighted by atomic mass is 10.0. The molecule has 5 heteroatoms. The van der Waals surface area contributed by atoms with Crippen LogP contribution in [0.25, 0.3) is 0 Å². The zero-order chi connectivity index (χ0) is 13.9. The minimum atomic E-state index is -0.445. The molecular formula is C15H20ClNO2S. The molecule has 3 atom stereocenters. The van der Waals surface area contributed by atoms with Gasteiger partial charge >= 0.3 is 0 Å². The van der Waals surface area contributed by atoms with Crippen LogP contribution < -0.4 is 0 Å². The van der Waals surface area contributed by atoms with Crippen LogP contribution in [0.1, 0.15) is 18.1 Å². The summed E-state index contributed by atoms with van der Waals surface area (Å²) in [4.78, 5) is 2.43. The molecule has 2 fully saturated rings. The molecule has 1 aromatic rings. The predicted molar refractivity (Wildman–Crippen MR) is 83.5 cm³/mol. The summed E-state index contributed by atoms with van der Waals surface area (Å²) in [7, 11) is 0. The van der Waals surface area contributed by atoms with Gasteiger partial charge < -0.3 is 9.84 Å². The lowest BCUT2D eigenvalue weighted by Crippen LogP contribution is -2.52. The minimum Gasteiger partial charge on any atom is -0.387 e. The first-order chi connectivity index (χ1) is 9.74. The Morgan fingerprint density at radius 3 is 3.00 bits per heavy atom. The molecule has 0 radical (unpaired) electrons. The Morgan fingerprint density at radius 2 is 2.20 bits per heavy atom. The topological polar surface area (TPSA) is 32.7 Å². The Kier molecular flexibility index (Phi) is 4.89. The molecule has 2 saturated heterocycles. The number of benzene rings is 1. The molecule has 2 aliphatic heterocycles. The van der Waals surface area contributed by atoms with Crippen LogP contribution in [0, 0.1) is 0 Å². The number of aliphatic hydroxyl groups excluding tert-OH is 1. The summed E-state index contributed by atoms with van der Waals surface area (Å²) in [5.41, 5.74) is 0.941. The van der Waals surface area contributed by atoms with Gasteiger partial charge in [0.05, 0.1) is 12.7 Å². The van der Waals surface area contributed by atoms with Crippen LogP contribution in [-0.2, 0) is 4.74 Å². The molecule has 3 rings (SSSR count). The molecule has 2 heterocycles. The van der Waals surface area contributed by atoms with Crippen LogP contribution >= 0.6 is 23.4 Å². The third kappa shape index (κ3) is 3.31. The van der Waals surface area contributed by atoms with Crippen molar-refractivity contribution < 1.29 is 9.84 Å². The van der Waals surface area contributed by atoms with Crippen molar-refractivity contribution in [1.29, 1.82) is 0 Å². The lowest BCUT2D eigenvalue weighted by Gasteiger charge is -2.44. The largest absolute Gasteiger partial charge is 0.387 e. The molecule has 0 amide bonds. The van der Waals surface area contributed by atoms with Crippen molar-refractivity contribution in [3.05, 3.63) is 34.9 Å². The van der Waals surface area contributed by atoms with E-state index in [0.717, 1.165) is 37.5 Å². The van der Waals surface area contributed by atoms with Gasteiger partial charge in [0.15, 0.2) is 0 Å². The van der Waals surface area contributed by atoms with Crippen molar-refractivity contribution in [1.82, 2.24) is 4.90 Å². The van der Waals surface area contributed by atoms with Gasteiger partial charge in [0.25, 0.3) is 0 Å². The molecule has 0 aromatic heterocycles. The van der Waals surface area contributed by atoms with Gasteiger partial charge in [-0.3, -0.25) is 4.90 Å². The molecule has 20 heavy (non-hydrogen) atoms. The molecule has 0 bridgehead atoms. The first-order valence-corrected chi connectivity index (χ1v) is 8.53. The molecule has 0 saturated carbocycles. The molecular weight excluding hydrogens is 294 g/mol. The van der Waals surface area contributed by atoms with Crippen LogP contribution in [-0.4, -0.2) is 53.4 Å². The van der Waals surface area contributed by atoms with Crippen molar-refractivity contribution in [2.75, 3.05) is 32.1 Å². The summed E-state index contributed by atoms with van der Waals surface area (Å²) in [5.74, 6) is 1.12. The van der Waals surface area contributed by atoms with E-state index >= 15 is 0 Å². The molecule has 0 spiro atoms. The zero-order valence-electron chi connectivity index (χ0n) is 11.4. The number of hydrogen-bond acceptors (Lipinski definition) is 4. The van der Waals surface area contributed by atoms with Crippen LogP contribution in [0.5, 0.6) is 0 Å². The highest BCUT2D eigenvalue weighted by atomic mass is 35.5. The Labute approximate surface area is 129 Å². The van der Waals surface area contributed by atoms with Gasteiger partial charge in [0.1, 0.15) is 0 Å². The Bertz CT molecular complexity index is 440. The van der Waals surface area contributed by atoms with Crippen LogP contribution in [0.2, 0.25) is 5.02 Å². The molecule has 1 aromatic carbocycles. The lowest BCUT2D eigenvalue weighted by molar-refractivity contribution is 0.0178. The quantitative estimate of drug-likeness (QED) is 0.930. The van der Waals surface area contributed by atoms with Crippen LogP contribution in [0.15, 0.2) is 24.3 Å². The summed E-state index contributed by atoms with van der Waals surface area (Å²) in [6.45, 7) is 3.44. The van der Waals surface area contributed by atoms with Gasteiger partial charge in [-0.1, -0.05) is 23.7 Å². The number of thioether (sulfide) groups is 1. The highest BCUT2D eigenvalue weighted by Crippen LogP contribution is 2.31. The van der Waals surface area contributed by atoms with E-state index in [4.69, 9.17) is 16.3 Å². The van der Waals surface area contributed by atoms with E-state index < -0.39 is 6.10 Å². The second-order valence-electron chi connectivity index (χ2n) is 5.40. The summed E-state index contributed by atoms with van der Waals surface area (Å²) in [6.07, 6.45) is 0.629. The van der Waals surface area contributed by atoms with E-state index in [1.807, 2.05) is 36.0 Å². The molecule has 3 unspecified atom stereocenters. The van der Waals surface area contributed by atoms with E-state index in [1.54, 1.807) is 0 Å². The molecule has 110 valence electrons. The van der Waals surface area contributed by atoms with E-state index in [-0.39, 0.29) is 0 Å². The van der Waals surface area contributed by atoms with Gasteiger partial charge in [-0.05, 0) is 24.1 Å². The second-order valence-corrected chi connectivity index (χ2v) is 7.19. The van der Waals surface area contributed by atoms with Gasteiger partial charge in [0, 0.05) is 41.8 Å². The maximum atomic E-state index is 10.4. The first-order valence-electron chi connectivity index (χ1n) is 7.11. The van der Waals surface area contributed by atoms with Gasteiger partial charge in [-0.15, -0.1) is 0 Å². The Balaban J connectivity index is 1.65. The molecule has 2 aliphatic rings. The number of halogens is 1. The number of fused-ring (bicyclic) bond motifs is 1. The van der Waals surface area contributed by atoms with Gasteiger partial charge in [-0.25, -0.2) is 0 Å². The summed E-state index contributed by atoms with van der Waals surface area (Å²) >= 11 is 7.90. The van der Waals surface area contributed by atoms with Crippen molar-refractivity contribution >= 4 is 23.4 Å². The van der Waals surface area contributed by atoms with E-state index in [0.29, 0.717) is 22.9 Å². The van der Waals surface area contributed by atoms with Crippen molar-refractivity contribution in [3.63, 3.8) is 0 Å². The fourth-order valence-electron chi connectivity index (χ4n) is 3.00. The monoisotopic (exact) mass is 313 g/mol. The summed E-state index contributed by atoms with van der Waals surface area (Å²) in [5, 5.41) is 11.7. The maximum Gasteiger partial charge on any atom is 0.0917 e. The number of rotatable bonds is 3. The standard InChI is InChI=1S/C15H20ClNO2S/c16-12-3-1-11(2-4-12)14(18)9-17-6-8-20-15-10-19-7-5-13(15)17/h1-4,13-15,18H,5-10H2. The predicted octanol–water partition coefficient (Wildman–Crippen LogP) is 2.58. The van der Waals surface area contributed by atoms with E-state index in [2.05, 4.69) is 4.90 Å². The number of hydrogen-bond donors (Lipinski definition) is 1. The average Bonchev–Trinajstić information content (AvgIpc) is 2.48. The maximum absolute atomic E-state index is 10.4. The molecule has 0 aliphatic carbocycles. The summed E-state index contributed by atoms with van der Waals surface area (Å²) in [6, 6.07) is 8.04. The van der Waals surface area contributed by atoms with Crippen molar-refractivity contribution in [3.8, 4) is 0 Å². The van der Waals surface area contributed by atoms with Gasteiger partial charge in [0.2, 0.25) is 0 Å². The number of β-amino-alcohol motifs (C(OH)–C–C–N with tert-alkyl or cyclic N) is 1. The third-order valence-corrected chi connectivity index (χ3v) is 5.66. The zero-order valence-corrected chi connectivity index (χ0v) is 12.9. The Hall–Kier alpha value is -0.260. The normalized spacial score (nSPS) is 28.9. The van der Waals surface area contributed by atoms with Crippen molar-refractivity contribution in [2.24, 2.45) is 0 Å². The van der Waals surface area contributed by atoms with Crippen LogP contribution in [0.3, 0.4) is 0 Å². The average molecular weight is 314 g/mol. The van der Waals surface area contributed by atoms with Gasteiger partial charge in [-0.2, -0.15) is 11.8 Å². The highest BCUT2D eigenvalue weighted by molar-refractivity contribution is 8.00. The second kappa shape index (κ2) is 6.67. The first kappa shape index (κ1) is 14.7. The van der Waals surface area contributed by atoms with E-state index in [1.165, 1.54) is 0 Å². The minimum absolute atomic E-state index is 0.445. The third-order valence-electron chi connectivity index (χ3n) is 4.11. The van der Waals surface area contributed by atoms with Crippen molar-refractivity contribution in [2.45, 2.75) is 23.8 Å². The van der Waals surface area contributed by atoms with Crippen LogP contribution in [0.4, 0.5) is 0 Å². The Morgan fingerprint density at radius 1 is 1.40 bits per heavy atom. The number of aliphatic hydroxyl groups is 1. The molecule has 3 nitrogen and oxygen atoms in total. The fourth-order valence-corrected chi connectivity index (χ4v) is 4.50. The molecule has 1 N–H and O–H groups in total. The smallest absolute Gasteiger partial charge is 0.0917 e. The highest BCUT2D eigenvalue weighted by Gasteiger charge is 2.35. The SMILES string of the molecule is OC(CN1CCSC2COCCC21)c1ccc(Cl)cc1. The number of ether oxygens (including phenoxy) is 1.